The van der Waals surface area contributed by atoms with E-state index in [1.54, 1.807) is 24.8 Å². The van der Waals surface area contributed by atoms with Crippen molar-refractivity contribution in [1.29, 1.82) is 0 Å². The minimum atomic E-state index is 0.00184. The molecule has 0 aliphatic carbocycles. The zero-order valence-electron chi connectivity index (χ0n) is 15.9. The maximum Gasteiger partial charge on any atom is 0.257 e. The van der Waals surface area contributed by atoms with Gasteiger partial charge in [-0.3, -0.25) is 14.5 Å². The van der Waals surface area contributed by atoms with Crippen molar-refractivity contribution in [3.8, 4) is 11.3 Å². The van der Waals surface area contributed by atoms with Crippen LogP contribution in [0.1, 0.15) is 35.9 Å². The summed E-state index contributed by atoms with van der Waals surface area (Å²) in [7, 11) is 0. The molecule has 1 atom stereocenters. The van der Waals surface area contributed by atoms with Gasteiger partial charge in [-0.05, 0) is 30.9 Å². The van der Waals surface area contributed by atoms with Gasteiger partial charge in [0.1, 0.15) is 11.5 Å². The van der Waals surface area contributed by atoms with Gasteiger partial charge >= 0.3 is 0 Å². The van der Waals surface area contributed by atoms with Crippen molar-refractivity contribution in [2.24, 2.45) is 5.92 Å². The molecular formula is C20H23N7O. The second-order valence-corrected chi connectivity index (χ2v) is 7.07. The number of rotatable bonds is 5. The summed E-state index contributed by atoms with van der Waals surface area (Å²) in [6.45, 7) is 4.21. The third kappa shape index (κ3) is 4.05. The molecule has 8 heteroatoms. The Kier molecular flexibility index (Phi) is 5.36. The highest BCUT2D eigenvalue weighted by atomic mass is 16.2. The van der Waals surface area contributed by atoms with Crippen molar-refractivity contribution in [2.75, 3.05) is 13.1 Å². The van der Waals surface area contributed by atoms with E-state index in [1.807, 2.05) is 34.8 Å². The van der Waals surface area contributed by atoms with E-state index in [0.717, 1.165) is 49.4 Å². The van der Waals surface area contributed by atoms with Gasteiger partial charge in [-0.1, -0.05) is 12.1 Å². The third-order valence-corrected chi connectivity index (χ3v) is 5.02. The first-order valence-corrected chi connectivity index (χ1v) is 9.63. The SMILES string of the molecule is CCc1ncc(C(=O)N2CCC[C@@H](Cn3cc(-c4cccnc4)nn3)C2)cn1. The minimum absolute atomic E-state index is 0.00184. The van der Waals surface area contributed by atoms with E-state index in [4.69, 9.17) is 0 Å². The molecule has 8 nitrogen and oxygen atoms in total. The molecule has 0 saturated carbocycles. The number of amides is 1. The number of aryl methyl sites for hydroxylation is 1. The van der Waals surface area contributed by atoms with Crippen LogP contribution in [0.2, 0.25) is 0 Å². The van der Waals surface area contributed by atoms with Gasteiger partial charge in [0.2, 0.25) is 0 Å². The van der Waals surface area contributed by atoms with E-state index < -0.39 is 0 Å². The normalized spacial score (nSPS) is 16.9. The topological polar surface area (TPSA) is 89.7 Å². The number of aromatic nitrogens is 6. The van der Waals surface area contributed by atoms with Crippen molar-refractivity contribution in [3.05, 3.63) is 54.5 Å². The highest BCUT2D eigenvalue weighted by molar-refractivity contribution is 5.93. The molecule has 4 heterocycles. The van der Waals surface area contributed by atoms with Crippen LogP contribution in [-0.2, 0) is 13.0 Å². The zero-order chi connectivity index (χ0) is 19.3. The van der Waals surface area contributed by atoms with Gasteiger partial charge in [-0.25, -0.2) is 9.97 Å². The van der Waals surface area contributed by atoms with Crippen LogP contribution >= 0.6 is 0 Å². The number of piperidine rings is 1. The van der Waals surface area contributed by atoms with Gasteiger partial charge in [-0.2, -0.15) is 0 Å². The molecular weight excluding hydrogens is 354 g/mol. The molecule has 0 bridgehead atoms. The third-order valence-electron chi connectivity index (χ3n) is 5.02. The summed E-state index contributed by atoms with van der Waals surface area (Å²) in [6.07, 6.45) is 11.5. The molecule has 1 fully saturated rings. The van der Waals surface area contributed by atoms with Crippen LogP contribution in [-0.4, -0.2) is 53.8 Å². The lowest BCUT2D eigenvalue weighted by atomic mass is 9.97. The summed E-state index contributed by atoms with van der Waals surface area (Å²) in [5, 5.41) is 8.50. The fourth-order valence-electron chi connectivity index (χ4n) is 3.53. The highest BCUT2D eigenvalue weighted by Crippen LogP contribution is 2.21. The lowest BCUT2D eigenvalue weighted by Gasteiger charge is -2.32. The zero-order valence-corrected chi connectivity index (χ0v) is 15.9. The Morgan fingerprint density at radius 3 is 2.86 bits per heavy atom. The largest absolute Gasteiger partial charge is 0.338 e. The molecule has 144 valence electrons. The van der Waals surface area contributed by atoms with E-state index in [-0.39, 0.29) is 5.91 Å². The predicted molar refractivity (Wildman–Crippen MR) is 103 cm³/mol. The maximum atomic E-state index is 12.8. The molecule has 4 rings (SSSR count). The monoisotopic (exact) mass is 377 g/mol. The van der Waals surface area contributed by atoms with E-state index in [2.05, 4.69) is 25.3 Å². The van der Waals surface area contributed by atoms with Crippen LogP contribution in [0.25, 0.3) is 11.3 Å². The average molecular weight is 377 g/mol. The summed E-state index contributed by atoms with van der Waals surface area (Å²) < 4.78 is 1.86. The lowest BCUT2D eigenvalue weighted by molar-refractivity contribution is 0.0658. The molecule has 1 saturated heterocycles. The van der Waals surface area contributed by atoms with E-state index in [1.165, 1.54) is 0 Å². The number of hydrogen-bond donors (Lipinski definition) is 0. The number of carbonyl (C=O) groups is 1. The molecule has 0 spiro atoms. The number of hydrogen-bond acceptors (Lipinski definition) is 6. The molecule has 3 aromatic rings. The Balaban J connectivity index is 1.40. The molecule has 0 aromatic carbocycles. The first-order chi connectivity index (χ1) is 13.7. The van der Waals surface area contributed by atoms with Gasteiger partial charge in [0.15, 0.2) is 0 Å². The molecule has 28 heavy (non-hydrogen) atoms. The fourth-order valence-corrected chi connectivity index (χ4v) is 3.53. The first-order valence-electron chi connectivity index (χ1n) is 9.63. The fraction of sp³-hybridized carbons (Fsp3) is 0.400. The Hall–Kier alpha value is -3.16. The van der Waals surface area contributed by atoms with Gasteiger partial charge in [0, 0.05) is 56.4 Å². The van der Waals surface area contributed by atoms with Crippen molar-refractivity contribution in [2.45, 2.75) is 32.7 Å². The van der Waals surface area contributed by atoms with E-state index in [9.17, 15) is 4.79 Å². The Labute approximate surface area is 163 Å². The standard InChI is InChI=1S/C20H23N7O/c1-2-19-22-10-17(11-23-19)20(28)26-8-4-5-15(12-26)13-27-14-18(24-25-27)16-6-3-7-21-9-16/h3,6-7,9-11,14-15H,2,4-5,8,12-13H2,1H3/t15-/m1/s1. The second kappa shape index (κ2) is 8.24. The van der Waals surface area contributed by atoms with Gasteiger partial charge < -0.3 is 4.90 Å². The van der Waals surface area contributed by atoms with Crippen molar-refractivity contribution >= 4 is 5.91 Å². The van der Waals surface area contributed by atoms with E-state index >= 15 is 0 Å². The molecule has 1 amide bonds. The maximum absolute atomic E-state index is 12.8. The van der Waals surface area contributed by atoms with Gasteiger partial charge in [0.25, 0.3) is 5.91 Å². The lowest BCUT2D eigenvalue weighted by Crippen LogP contribution is -2.41. The number of likely N-dealkylation sites (tertiary alicyclic amines) is 1. The predicted octanol–water partition coefficient (Wildman–Crippen LogP) is 2.24. The summed E-state index contributed by atoms with van der Waals surface area (Å²) in [4.78, 5) is 27.3. The molecule has 1 aliphatic heterocycles. The van der Waals surface area contributed by atoms with Crippen LogP contribution in [0.3, 0.4) is 0 Å². The van der Waals surface area contributed by atoms with Gasteiger partial charge in [-0.15, -0.1) is 5.10 Å². The van der Waals surface area contributed by atoms with Crippen LogP contribution in [0.15, 0.2) is 43.1 Å². The summed E-state index contributed by atoms with van der Waals surface area (Å²) >= 11 is 0. The Morgan fingerprint density at radius 2 is 2.11 bits per heavy atom. The smallest absolute Gasteiger partial charge is 0.257 e. The number of nitrogens with zero attached hydrogens (tertiary/aromatic N) is 7. The summed E-state index contributed by atoms with van der Waals surface area (Å²) in [6, 6.07) is 3.85. The van der Waals surface area contributed by atoms with Crippen LogP contribution in [0, 0.1) is 5.92 Å². The summed E-state index contributed by atoms with van der Waals surface area (Å²) in [5.74, 6) is 1.10. The number of pyridine rings is 1. The second-order valence-electron chi connectivity index (χ2n) is 7.07. The molecule has 0 radical (unpaired) electrons. The van der Waals surface area contributed by atoms with Gasteiger partial charge in [0.05, 0.1) is 11.8 Å². The van der Waals surface area contributed by atoms with Crippen molar-refractivity contribution < 1.29 is 4.79 Å². The Morgan fingerprint density at radius 1 is 1.25 bits per heavy atom. The van der Waals surface area contributed by atoms with Crippen molar-refractivity contribution in [3.63, 3.8) is 0 Å². The van der Waals surface area contributed by atoms with Crippen LogP contribution in [0.5, 0.6) is 0 Å². The average Bonchev–Trinajstić information content (AvgIpc) is 3.22. The highest BCUT2D eigenvalue weighted by Gasteiger charge is 2.25. The Bertz CT molecular complexity index is 923. The summed E-state index contributed by atoms with van der Waals surface area (Å²) in [5.41, 5.74) is 2.31. The minimum Gasteiger partial charge on any atom is -0.338 e. The van der Waals surface area contributed by atoms with Crippen LogP contribution in [0.4, 0.5) is 0 Å². The molecule has 0 unspecified atom stereocenters. The van der Waals surface area contributed by atoms with Crippen molar-refractivity contribution in [1.82, 2.24) is 34.8 Å². The van der Waals surface area contributed by atoms with Crippen LogP contribution < -0.4 is 0 Å². The quantitative estimate of drug-likeness (QED) is 0.677. The first kappa shape index (κ1) is 18.2. The molecule has 0 N–H and O–H groups in total. The number of carbonyl (C=O) groups excluding carboxylic acids is 1. The van der Waals surface area contributed by atoms with E-state index in [0.29, 0.717) is 18.0 Å². The molecule has 3 aromatic heterocycles. The molecule has 1 aliphatic rings.